The second-order valence-corrected chi connectivity index (χ2v) is 16.1. The van der Waals surface area contributed by atoms with Crippen LogP contribution in [0.5, 0.6) is 23.0 Å². The van der Waals surface area contributed by atoms with Gasteiger partial charge in [0.1, 0.15) is 23.0 Å². The minimum Gasteiger partial charge on any atom is -0.506 e. The Hall–Kier alpha value is -3.32. The highest BCUT2D eigenvalue weighted by molar-refractivity contribution is 8.49. The van der Waals surface area contributed by atoms with Crippen molar-refractivity contribution in [2.24, 2.45) is 0 Å². The number of hydrogen-bond donors (Lipinski definition) is 2. The van der Waals surface area contributed by atoms with Gasteiger partial charge < -0.3 is 19.7 Å². The normalized spacial score (nSPS) is 18.6. The van der Waals surface area contributed by atoms with Crippen molar-refractivity contribution >= 4 is 51.0 Å². The lowest BCUT2D eigenvalue weighted by Crippen LogP contribution is -2.35. The van der Waals surface area contributed by atoms with Crippen LogP contribution in [0.25, 0.3) is 11.1 Å². The molecular weight excluding hydrogens is 567 g/mol. The summed E-state index contributed by atoms with van der Waals surface area (Å²) in [6, 6.07) is 6.35. The van der Waals surface area contributed by atoms with Gasteiger partial charge in [0.2, 0.25) is 23.6 Å². The molecule has 2 aromatic rings. The first-order chi connectivity index (χ1) is 19.5. The number of rotatable bonds is 10. The monoisotopic (exact) mass is 602 g/mol. The number of phenolic OH excluding ortho intramolecular Hbond substituents is 2. The standard InChI is InChI=1S/C28H35BN2O8S2/c1-6-40(7-2,30-21(32)13-14-22(30)33)19-11-9-17(38-4)25(27(19)36)26-18(39-5)10-12-20(28(26)37)41(29,8-3)31-23(34)15-16-24(31)35/h9-12,36-37H,6-8,13-16H2,1-5H3. The van der Waals surface area contributed by atoms with Crippen LogP contribution in [0.1, 0.15) is 46.5 Å². The van der Waals surface area contributed by atoms with E-state index >= 15 is 0 Å². The number of nitrogens with zero attached hydrogens (tertiary/aromatic N) is 2. The predicted molar refractivity (Wildman–Crippen MR) is 160 cm³/mol. The maximum absolute atomic E-state index is 12.9. The second-order valence-electron chi connectivity index (χ2n) is 9.61. The van der Waals surface area contributed by atoms with Crippen LogP contribution in [0.2, 0.25) is 0 Å². The van der Waals surface area contributed by atoms with E-state index in [9.17, 15) is 29.4 Å². The van der Waals surface area contributed by atoms with Crippen LogP contribution >= 0.6 is 20.3 Å². The molecule has 4 amide bonds. The maximum Gasteiger partial charge on any atom is 0.238 e. The van der Waals surface area contributed by atoms with Gasteiger partial charge in [-0.3, -0.25) is 19.2 Å². The topological polar surface area (TPSA) is 134 Å². The van der Waals surface area contributed by atoms with Crippen molar-refractivity contribution in [1.82, 2.24) is 8.61 Å². The Morgan fingerprint density at radius 2 is 1.07 bits per heavy atom. The lowest BCUT2D eigenvalue weighted by molar-refractivity contribution is -0.133. The van der Waals surface area contributed by atoms with Crippen LogP contribution in [-0.2, 0) is 19.2 Å². The van der Waals surface area contributed by atoms with Crippen LogP contribution in [0.4, 0.5) is 0 Å². The quantitative estimate of drug-likeness (QED) is 0.303. The summed E-state index contributed by atoms with van der Waals surface area (Å²) in [7, 11) is 4.47. The molecule has 1 unspecified atom stereocenters. The van der Waals surface area contributed by atoms with Gasteiger partial charge in [-0.15, -0.1) is 10.2 Å². The molecule has 0 bridgehead atoms. The zero-order valence-electron chi connectivity index (χ0n) is 23.9. The molecule has 1 atom stereocenters. The molecule has 2 fully saturated rings. The molecule has 2 N–H and O–H groups in total. The Bertz CT molecular complexity index is 1400. The third-order valence-corrected chi connectivity index (χ3v) is 15.0. The molecule has 0 aliphatic carbocycles. The average molecular weight is 603 g/mol. The van der Waals surface area contributed by atoms with Crippen LogP contribution < -0.4 is 9.47 Å². The van der Waals surface area contributed by atoms with Crippen LogP contribution in [0.15, 0.2) is 34.1 Å². The highest BCUT2D eigenvalue weighted by Gasteiger charge is 2.45. The molecule has 2 saturated heterocycles. The van der Waals surface area contributed by atoms with E-state index in [-0.39, 0.29) is 82.3 Å². The maximum atomic E-state index is 12.9. The third-order valence-electron chi connectivity index (χ3n) is 7.77. The van der Waals surface area contributed by atoms with Crippen molar-refractivity contribution < 1.29 is 38.9 Å². The van der Waals surface area contributed by atoms with Crippen LogP contribution in [-0.4, -0.2) is 81.1 Å². The average Bonchev–Trinajstić information content (AvgIpc) is 3.49. The fraction of sp³-hybridized carbons (Fsp3) is 0.429. The minimum absolute atomic E-state index is 0.0397. The van der Waals surface area contributed by atoms with Crippen molar-refractivity contribution in [2.75, 3.05) is 31.5 Å². The lowest BCUT2D eigenvalue weighted by Gasteiger charge is -2.45. The molecule has 0 saturated carbocycles. The minimum atomic E-state index is -2.81. The number of aromatic hydroxyl groups is 2. The number of ether oxygens (including phenoxy) is 2. The second kappa shape index (κ2) is 11.5. The first kappa shape index (κ1) is 30.6. The number of imide groups is 2. The first-order valence-corrected chi connectivity index (χ1v) is 17.1. The Morgan fingerprint density at radius 1 is 0.683 bits per heavy atom. The van der Waals surface area contributed by atoms with Crippen molar-refractivity contribution in [1.29, 1.82) is 0 Å². The summed E-state index contributed by atoms with van der Waals surface area (Å²) >= 11 is 0. The highest BCUT2D eigenvalue weighted by atomic mass is 32.3. The molecule has 2 aromatic carbocycles. The molecule has 41 heavy (non-hydrogen) atoms. The van der Waals surface area contributed by atoms with Gasteiger partial charge in [-0.25, -0.2) is 8.61 Å². The molecule has 220 valence electrons. The van der Waals surface area contributed by atoms with Crippen molar-refractivity contribution in [3.05, 3.63) is 24.3 Å². The van der Waals surface area contributed by atoms with Crippen molar-refractivity contribution in [3.8, 4) is 34.1 Å². The zero-order valence-corrected chi connectivity index (χ0v) is 25.5. The van der Waals surface area contributed by atoms with Gasteiger partial charge >= 0.3 is 0 Å². The lowest BCUT2D eigenvalue weighted by atomic mass is 10.0. The number of methoxy groups -OCH3 is 2. The smallest absolute Gasteiger partial charge is 0.238 e. The highest BCUT2D eigenvalue weighted by Crippen LogP contribution is 2.67. The van der Waals surface area contributed by atoms with Crippen LogP contribution in [0.3, 0.4) is 0 Å². The largest absolute Gasteiger partial charge is 0.506 e. The Balaban J connectivity index is 2.04. The van der Waals surface area contributed by atoms with E-state index in [1.54, 1.807) is 25.1 Å². The molecule has 0 spiro atoms. The van der Waals surface area contributed by atoms with E-state index in [0.717, 1.165) is 4.31 Å². The number of carbonyl (C=O) groups excluding carboxylic acids is 4. The molecule has 2 heterocycles. The van der Waals surface area contributed by atoms with Gasteiger partial charge in [-0.05, 0) is 41.5 Å². The molecule has 2 radical (unpaired) electrons. The fourth-order valence-electron chi connectivity index (χ4n) is 5.64. The van der Waals surface area contributed by atoms with Gasteiger partial charge in [0, 0.05) is 30.6 Å². The fourth-order valence-corrected chi connectivity index (χ4v) is 11.5. The summed E-state index contributed by atoms with van der Waals surface area (Å²) in [4.78, 5) is 51.9. The summed E-state index contributed by atoms with van der Waals surface area (Å²) in [6.45, 7) is 5.48. The SMILES string of the molecule is [B]S(CC)(c1ccc(OC)c(-c2c(OC)ccc(S(CC)(CC)N3C(=O)CCC3=O)c2O)c1O)N1C(=O)CCC1=O. The zero-order chi connectivity index (χ0) is 30.3. The van der Waals surface area contributed by atoms with E-state index < -0.39 is 32.1 Å². The number of phenols is 2. The van der Waals surface area contributed by atoms with E-state index in [1.165, 1.54) is 24.6 Å². The number of hydrogen-bond acceptors (Lipinski definition) is 8. The predicted octanol–water partition coefficient (Wildman–Crippen LogP) is 4.38. The van der Waals surface area contributed by atoms with Crippen LogP contribution in [0, 0.1) is 0 Å². The Labute approximate surface area is 244 Å². The summed E-state index contributed by atoms with van der Waals surface area (Å²) in [5, 5.41) is 23.8. The Kier molecular flexibility index (Phi) is 8.61. The summed E-state index contributed by atoms with van der Waals surface area (Å²) in [5.41, 5.74) is 0.131. The van der Waals surface area contributed by atoms with Gasteiger partial charge in [0.15, 0.2) is 7.12 Å². The molecule has 0 aromatic heterocycles. The van der Waals surface area contributed by atoms with E-state index in [0.29, 0.717) is 16.4 Å². The molecule has 2 aliphatic heterocycles. The summed E-state index contributed by atoms with van der Waals surface area (Å²) in [6.07, 6.45) is 0.302. The number of carbonyl (C=O) groups is 4. The van der Waals surface area contributed by atoms with Crippen molar-refractivity contribution in [3.63, 3.8) is 0 Å². The molecule has 2 aliphatic rings. The number of benzene rings is 2. The Morgan fingerprint density at radius 3 is 1.46 bits per heavy atom. The summed E-state index contributed by atoms with van der Waals surface area (Å²) in [5.74, 6) is -0.656. The van der Waals surface area contributed by atoms with Gasteiger partial charge in [0.05, 0.1) is 30.2 Å². The molecular formula is C28H35BN2O8S2. The van der Waals surface area contributed by atoms with Crippen molar-refractivity contribution in [2.45, 2.75) is 56.2 Å². The van der Waals surface area contributed by atoms with E-state index in [1.807, 2.05) is 13.8 Å². The van der Waals surface area contributed by atoms with E-state index in [2.05, 4.69) is 0 Å². The van der Waals surface area contributed by atoms with Gasteiger partial charge in [-0.1, -0.05) is 20.8 Å². The molecule has 4 rings (SSSR count). The van der Waals surface area contributed by atoms with Gasteiger partial charge in [-0.2, -0.15) is 10.1 Å². The molecule has 13 heteroatoms. The number of amides is 4. The summed E-state index contributed by atoms with van der Waals surface area (Å²) < 4.78 is 13.6. The molecule has 10 nitrogen and oxygen atoms in total. The van der Waals surface area contributed by atoms with Gasteiger partial charge in [0.25, 0.3) is 0 Å². The first-order valence-electron chi connectivity index (χ1n) is 13.4. The third kappa shape index (κ3) is 4.63. The van der Waals surface area contributed by atoms with E-state index in [4.69, 9.17) is 16.6 Å².